The Balaban J connectivity index is 2.64. The quantitative estimate of drug-likeness (QED) is 0.461. The first-order valence-electron chi connectivity index (χ1n) is 4.33. The lowest BCUT2D eigenvalue weighted by Gasteiger charge is -1.92. The molecule has 1 N–H and O–H groups in total. The second-order valence-electron chi connectivity index (χ2n) is 2.66. The third-order valence-electron chi connectivity index (χ3n) is 1.54. The zero-order chi connectivity index (χ0) is 11.3. The molecule has 0 aromatic carbocycles. The van der Waals surface area contributed by atoms with Gasteiger partial charge < -0.3 is 9.73 Å². The second kappa shape index (κ2) is 4.94. The van der Waals surface area contributed by atoms with Crippen LogP contribution in [0.25, 0.3) is 6.08 Å². The molecular formula is C9H10N2O4. The Labute approximate surface area is 85.7 Å². The fraction of sp³-hybridized carbons (Fsp3) is 0.222. The van der Waals surface area contributed by atoms with Crippen LogP contribution in [0.4, 0.5) is 5.88 Å². The average Bonchev–Trinajstić information content (AvgIpc) is 2.63. The van der Waals surface area contributed by atoms with Gasteiger partial charge in [0.05, 0.1) is 6.07 Å². The summed E-state index contributed by atoms with van der Waals surface area (Å²) in [4.78, 5) is 20.6. The minimum absolute atomic E-state index is 0.267. The topological polar surface area (TPSA) is 85.4 Å². The molecule has 1 rings (SSSR count). The monoisotopic (exact) mass is 210 g/mol. The highest BCUT2D eigenvalue weighted by Gasteiger charge is 2.09. The van der Waals surface area contributed by atoms with Crippen molar-refractivity contribution in [1.82, 2.24) is 5.32 Å². The van der Waals surface area contributed by atoms with Crippen LogP contribution in [0, 0.1) is 10.1 Å². The van der Waals surface area contributed by atoms with Gasteiger partial charge in [-0.15, -0.1) is 0 Å². The molecule has 0 aliphatic rings. The van der Waals surface area contributed by atoms with Crippen molar-refractivity contribution in [1.29, 1.82) is 0 Å². The molecule has 1 aromatic heterocycles. The Hall–Kier alpha value is -2.11. The fourth-order valence-corrected chi connectivity index (χ4v) is 0.921. The number of hydrogen-bond acceptors (Lipinski definition) is 4. The summed E-state index contributed by atoms with van der Waals surface area (Å²) in [6.07, 6.45) is 2.63. The van der Waals surface area contributed by atoms with Crippen molar-refractivity contribution in [3.05, 3.63) is 34.1 Å². The van der Waals surface area contributed by atoms with Crippen molar-refractivity contribution in [2.45, 2.75) is 6.92 Å². The third-order valence-corrected chi connectivity index (χ3v) is 1.54. The minimum Gasteiger partial charge on any atom is -0.401 e. The molecule has 0 fully saturated rings. The predicted octanol–water partition coefficient (Wildman–Crippen LogP) is 1.34. The standard InChI is InChI=1S/C9H10N2O4/c1-2-10-8(12)5-3-7-4-6-9(15-7)11(13)14/h3-6H,2H2,1H3,(H,10,12)/b5-3+. The van der Waals surface area contributed by atoms with E-state index in [-0.39, 0.29) is 17.6 Å². The van der Waals surface area contributed by atoms with E-state index in [0.29, 0.717) is 6.54 Å². The average molecular weight is 210 g/mol. The Morgan fingerprint density at radius 3 is 2.93 bits per heavy atom. The summed E-state index contributed by atoms with van der Waals surface area (Å²) in [6.45, 7) is 2.32. The number of carbonyl (C=O) groups is 1. The van der Waals surface area contributed by atoms with Gasteiger partial charge in [0.15, 0.2) is 0 Å². The van der Waals surface area contributed by atoms with Crippen LogP contribution < -0.4 is 5.32 Å². The van der Waals surface area contributed by atoms with Gasteiger partial charge in [-0.2, -0.15) is 0 Å². The SMILES string of the molecule is CCNC(=O)/C=C/c1ccc([N+](=O)[O-])o1. The molecule has 0 spiro atoms. The van der Waals surface area contributed by atoms with Crippen molar-refractivity contribution < 1.29 is 14.1 Å². The van der Waals surface area contributed by atoms with Gasteiger partial charge in [-0.05, 0) is 19.1 Å². The zero-order valence-electron chi connectivity index (χ0n) is 8.10. The highest BCUT2D eigenvalue weighted by atomic mass is 16.6. The van der Waals surface area contributed by atoms with Crippen LogP contribution in [0.1, 0.15) is 12.7 Å². The van der Waals surface area contributed by atoms with E-state index in [1.807, 2.05) is 0 Å². The maximum absolute atomic E-state index is 11.0. The van der Waals surface area contributed by atoms with Gasteiger partial charge in [-0.1, -0.05) is 0 Å². The first kappa shape index (κ1) is 11.0. The van der Waals surface area contributed by atoms with Gasteiger partial charge in [0, 0.05) is 12.6 Å². The Kier molecular flexibility index (Phi) is 3.61. The van der Waals surface area contributed by atoms with Crippen molar-refractivity contribution in [2.24, 2.45) is 0 Å². The van der Waals surface area contributed by atoms with E-state index in [1.54, 1.807) is 6.92 Å². The molecule has 15 heavy (non-hydrogen) atoms. The summed E-state index contributed by atoms with van der Waals surface area (Å²) in [7, 11) is 0. The lowest BCUT2D eigenvalue weighted by atomic mass is 10.4. The fourth-order valence-electron chi connectivity index (χ4n) is 0.921. The molecule has 0 radical (unpaired) electrons. The molecule has 0 atom stereocenters. The highest BCUT2D eigenvalue weighted by molar-refractivity contribution is 5.91. The molecule has 1 aromatic rings. The van der Waals surface area contributed by atoms with Crippen LogP contribution in [0.2, 0.25) is 0 Å². The van der Waals surface area contributed by atoms with Crippen LogP contribution in [0.15, 0.2) is 22.6 Å². The number of nitro groups is 1. The lowest BCUT2D eigenvalue weighted by Crippen LogP contribution is -2.19. The van der Waals surface area contributed by atoms with E-state index in [2.05, 4.69) is 5.32 Å². The van der Waals surface area contributed by atoms with Crippen LogP contribution >= 0.6 is 0 Å². The third kappa shape index (κ3) is 3.26. The molecule has 80 valence electrons. The maximum Gasteiger partial charge on any atom is 0.433 e. The summed E-state index contributed by atoms with van der Waals surface area (Å²) in [5.41, 5.74) is 0. The normalized spacial score (nSPS) is 10.5. The van der Waals surface area contributed by atoms with E-state index in [1.165, 1.54) is 24.3 Å². The molecule has 6 heteroatoms. The minimum atomic E-state index is -0.635. The number of rotatable bonds is 4. The molecule has 0 unspecified atom stereocenters. The van der Waals surface area contributed by atoms with Crippen LogP contribution in [0.3, 0.4) is 0 Å². The smallest absolute Gasteiger partial charge is 0.401 e. The predicted molar refractivity (Wildman–Crippen MR) is 53.1 cm³/mol. The van der Waals surface area contributed by atoms with Gasteiger partial charge in [0.25, 0.3) is 0 Å². The molecular weight excluding hydrogens is 200 g/mol. The van der Waals surface area contributed by atoms with Crippen LogP contribution in [0.5, 0.6) is 0 Å². The van der Waals surface area contributed by atoms with Crippen molar-refractivity contribution in [2.75, 3.05) is 6.54 Å². The second-order valence-corrected chi connectivity index (χ2v) is 2.66. The number of nitrogens with one attached hydrogen (secondary N) is 1. The summed E-state index contributed by atoms with van der Waals surface area (Å²) < 4.78 is 4.81. The van der Waals surface area contributed by atoms with Gasteiger partial charge in [-0.3, -0.25) is 14.9 Å². The molecule has 0 saturated carbocycles. The van der Waals surface area contributed by atoms with Gasteiger partial charge >= 0.3 is 5.88 Å². The molecule has 0 bridgehead atoms. The summed E-state index contributed by atoms with van der Waals surface area (Å²) >= 11 is 0. The number of carbonyl (C=O) groups excluding carboxylic acids is 1. The first-order valence-corrected chi connectivity index (χ1v) is 4.33. The van der Waals surface area contributed by atoms with E-state index < -0.39 is 4.92 Å². The van der Waals surface area contributed by atoms with E-state index in [0.717, 1.165) is 0 Å². The Bertz CT molecular complexity index is 395. The number of amides is 1. The molecule has 0 aliphatic carbocycles. The molecule has 1 heterocycles. The van der Waals surface area contributed by atoms with Crippen molar-refractivity contribution in [3.63, 3.8) is 0 Å². The summed E-state index contributed by atoms with van der Waals surface area (Å²) in [5.74, 6) is -0.338. The number of hydrogen-bond donors (Lipinski definition) is 1. The molecule has 0 aliphatic heterocycles. The van der Waals surface area contributed by atoms with Gasteiger partial charge in [-0.25, -0.2) is 0 Å². The van der Waals surface area contributed by atoms with Gasteiger partial charge in [0.1, 0.15) is 10.7 Å². The lowest BCUT2D eigenvalue weighted by molar-refractivity contribution is -0.402. The van der Waals surface area contributed by atoms with E-state index in [9.17, 15) is 14.9 Å². The van der Waals surface area contributed by atoms with E-state index in [4.69, 9.17) is 4.42 Å². The summed E-state index contributed by atoms with van der Waals surface area (Å²) in [5, 5.41) is 12.8. The number of likely N-dealkylation sites (N-methyl/N-ethyl adjacent to an activating group) is 1. The van der Waals surface area contributed by atoms with Crippen LogP contribution in [-0.4, -0.2) is 17.4 Å². The Morgan fingerprint density at radius 1 is 1.67 bits per heavy atom. The van der Waals surface area contributed by atoms with Gasteiger partial charge in [0.2, 0.25) is 5.91 Å². The molecule has 6 nitrogen and oxygen atoms in total. The summed E-state index contributed by atoms with van der Waals surface area (Å²) in [6, 6.07) is 2.66. The highest BCUT2D eigenvalue weighted by Crippen LogP contribution is 2.16. The first-order chi connectivity index (χ1) is 7.13. The zero-order valence-corrected chi connectivity index (χ0v) is 8.10. The van der Waals surface area contributed by atoms with E-state index >= 15 is 0 Å². The van der Waals surface area contributed by atoms with Crippen molar-refractivity contribution >= 4 is 17.9 Å². The molecule has 0 saturated heterocycles. The molecule has 1 amide bonds. The number of furan rings is 1. The number of nitrogens with zero attached hydrogens (tertiary/aromatic N) is 1. The van der Waals surface area contributed by atoms with Crippen LogP contribution in [-0.2, 0) is 4.79 Å². The Morgan fingerprint density at radius 2 is 2.40 bits per heavy atom. The largest absolute Gasteiger partial charge is 0.433 e. The maximum atomic E-state index is 11.0. The van der Waals surface area contributed by atoms with Crippen molar-refractivity contribution in [3.8, 4) is 0 Å².